The Bertz CT molecular complexity index is 1060. The normalized spacial score (nSPS) is 12.2. The van der Waals surface area contributed by atoms with Crippen molar-refractivity contribution in [2.45, 2.75) is 46.2 Å². The number of sulfonamides is 1. The number of halogens is 1. The summed E-state index contributed by atoms with van der Waals surface area (Å²) in [4.78, 5) is 27.6. The van der Waals surface area contributed by atoms with Crippen LogP contribution in [0.2, 0.25) is 0 Å². The Morgan fingerprint density at radius 3 is 2.27 bits per heavy atom. The summed E-state index contributed by atoms with van der Waals surface area (Å²) in [5.41, 5.74) is 2.13. The minimum absolute atomic E-state index is 0.180. The molecule has 33 heavy (non-hydrogen) atoms. The van der Waals surface area contributed by atoms with E-state index in [-0.39, 0.29) is 12.5 Å². The minimum atomic E-state index is -3.74. The second kappa shape index (κ2) is 12.2. The Labute approximate surface area is 205 Å². The summed E-state index contributed by atoms with van der Waals surface area (Å²) in [5, 5.41) is 2.82. The van der Waals surface area contributed by atoms with E-state index in [4.69, 9.17) is 0 Å². The quantitative estimate of drug-likeness (QED) is 0.473. The summed E-state index contributed by atoms with van der Waals surface area (Å²) in [6.07, 6.45) is 2.48. The second-order valence-corrected chi connectivity index (χ2v) is 10.7. The zero-order chi connectivity index (χ0) is 24.6. The van der Waals surface area contributed by atoms with E-state index >= 15 is 0 Å². The van der Waals surface area contributed by atoms with E-state index in [2.05, 4.69) is 21.2 Å². The number of benzene rings is 2. The summed E-state index contributed by atoms with van der Waals surface area (Å²) < 4.78 is 27.4. The summed E-state index contributed by atoms with van der Waals surface area (Å²) in [6.45, 7) is 5.83. The third-order valence-corrected chi connectivity index (χ3v) is 6.96. The third-order valence-electron chi connectivity index (χ3n) is 5.30. The van der Waals surface area contributed by atoms with Crippen molar-refractivity contribution in [1.29, 1.82) is 0 Å². The molecule has 0 saturated heterocycles. The number of carbonyl (C=O) groups is 2. The Hall–Kier alpha value is -2.39. The smallest absolute Gasteiger partial charge is 0.244 e. The number of nitrogens with one attached hydrogen (secondary N) is 1. The molecule has 0 heterocycles. The monoisotopic (exact) mass is 537 g/mol. The van der Waals surface area contributed by atoms with Crippen LogP contribution in [0.15, 0.2) is 53.0 Å². The molecule has 0 unspecified atom stereocenters. The number of hydrogen-bond acceptors (Lipinski definition) is 4. The van der Waals surface area contributed by atoms with Crippen molar-refractivity contribution in [2.75, 3.05) is 23.7 Å². The molecule has 2 aromatic rings. The Kier molecular flexibility index (Phi) is 9.91. The Morgan fingerprint density at radius 1 is 1.06 bits per heavy atom. The van der Waals surface area contributed by atoms with E-state index in [9.17, 15) is 18.0 Å². The maximum absolute atomic E-state index is 13.5. The summed E-state index contributed by atoms with van der Waals surface area (Å²) in [5.74, 6) is -0.726. The molecule has 0 aliphatic carbocycles. The first-order valence-corrected chi connectivity index (χ1v) is 13.6. The average molecular weight is 539 g/mol. The molecule has 9 heteroatoms. The number of anilines is 1. The molecular weight excluding hydrogens is 506 g/mol. The molecule has 0 aliphatic rings. The topological polar surface area (TPSA) is 86.8 Å². The molecular formula is C24H32BrN3O4S. The zero-order valence-electron chi connectivity index (χ0n) is 19.5. The van der Waals surface area contributed by atoms with Crippen molar-refractivity contribution in [3.05, 3.63) is 64.1 Å². The van der Waals surface area contributed by atoms with Crippen LogP contribution < -0.4 is 9.62 Å². The molecule has 1 N–H and O–H groups in total. The maximum Gasteiger partial charge on any atom is 0.244 e. The number of nitrogens with zero attached hydrogens (tertiary/aromatic N) is 2. The molecule has 0 fully saturated rings. The number of carbonyl (C=O) groups excluding carboxylic acids is 2. The average Bonchev–Trinajstić information content (AvgIpc) is 2.79. The van der Waals surface area contributed by atoms with Crippen LogP contribution in [-0.2, 0) is 32.6 Å². The highest BCUT2D eigenvalue weighted by Crippen LogP contribution is 2.24. The van der Waals surface area contributed by atoms with Crippen LogP contribution >= 0.6 is 15.9 Å². The van der Waals surface area contributed by atoms with Crippen LogP contribution in [0.1, 0.15) is 38.3 Å². The number of rotatable bonds is 11. The Morgan fingerprint density at radius 2 is 1.70 bits per heavy atom. The van der Waals surface area contributed by atoms with E-state index in [0.29, 0.717) is 18.7 Å². The van der Waals surface area contributed by atoms with Gasteiger partial charge in [0.1, 0.15) is 12.6 Å². The van der Waals surface area contributed by atoms with Gasteiger partial charge in [-0.1, -0.05) is 60.1 Å². The molecule has 0 bridgehead atoms. The van der Waals surface area contributed by atoms with Crippen LogP contribution in [0.3, 0.4) is 0 Å². The predicted octanol–water partition coefficient (Wildman–Crippen LogP) is 3.72. The highest BCUT2D eigenvalue weighted by atomic mass is 79.9. The summed E-state index contributed by atoms with van der Waals surface area (Å²) in [6, 6.07) is 13.8. The molecule has 2 aromatic carbocycles. The van der Waals surface area contributed by atoms with Crippen molar-refractivity contribution in [3.63, 3.8) is 0 Å². The number of aryl methyl sites for hydroxylation is 1. The molecule has 0 spiro atoms. The molecule has 2 amide bonds. The second-order valence-electron chi connectivity index (χ2n) is 7.87. The fourth-order valence-electron chi connectivity index (χ4n) is 3.41. The molecule has 0 radical (unpaired) electrons. The van der Waals surface area contributed by atoms with Gasteiger partial charge in [-0.15, -0.1) is 0 Å². The van der Waals surface area contributed by atoms with Crippen LogP contribution in [0, 0.1) is 0 Å². The summed E-state index contributed by atoms with van der Waals surface area (Å²) >= 11 is 3.40. The maximum atomic E-state index is 13.5. The standard InChI is InChI=1S/C24H32BrN3O4S/c1-5-15-26-24(30)18(3)27(16-19-11-13-21(25)14-12-19)23(29)17-28(33(4,31)32)22-10-8-7-9-20(22)6-2/h7-14,18H,5-6,15-17H2,1-4H3,(H,26,30)/t18-/m1/s1. The zero-order valence-corrected chi connectivity index (χ0v) is 21.9. The van der Waals surface area contributed by atoms with E-state index in [1.165, 1.54) is 4.90 Å². The van der Waals surface area contributed by atoms with Crippen molar-refractivity contribution in [2.24, 2.45) is 0 Å². The van der Waals surface area contributed by atoms with Gasteiger partial charge in [-0.2, -0.15) is 0 Å². The predicted molar refractivity (Wildman–Crippen MR) is 135 cm³/mol. The van der Waals surface area contributed by atoms with Gasteiger partial charge in [0.05, 0.1) is 11.9 Å². The molecule has 2 rings (SSSR count). The van der Waals surface area contributed by atoms with Crippen molar-refractivity contribution < 1.29 is 18.0 Å². The van der Waals surface area contributed by atoms with E-state index < -0.39 is 28.5 Å². The van der Waals surface area contributed by atoms with Gasteiger partial charge in [0, 0.05) is 17.6 Å². The number of amides is 2. The van der Waals surface area contributed by atoms with Crippen LogP contribution in [-0.4, -0.2) is 50.5 Å². The van der Waals surface area contributed by atoms with Gasteiger partial charge in [-0.25, -0.2) is 8.42 Å². The van der Waals surface area contributed by atoms with E-state index in [1.54, 1.807) is 19.1 Å². The van der Waals surface area contributed by atoms with Crippen molar-refractivity contribution in [1.82, 2.24) is 10.2 Å². The Balaban J connectivity index is 2.39. The molecule has 0 saturated carbocycles. The highest BCUT2D eigenvalue weighted by molar-refractivity contribution is 9.10. The van der Waals surface area contributed by atoms with Gasteiger partial charge in [0.2, 0.25) is 21.8 Å². The lowest BCUT2D eigenvalue weighted by atomic mass is 10.1. The lowest BCUT2D eigenvalue weighted by Gasteiger charge is -2.32. The lowest BCUT2D eigenvalue weighted by molar-refractivity contribution is -0.139. The van der Waals surface area contributed by atoms with Gasteiger partial charge >= 0.3 is 0 Å². The number of hydrogen-bond donors (Lipinski definition) is 1. The molecule has 7 nitrogen and oxygen atoms in total. The SMILES string of the molecule is CCCNC(=O)[C@@H](C)N(Cc1ccc(Br)cc1)C(=O)CN(c1ccccc1CC)S(C)(=O)=O. The van der Waals surface area contributed by atoms with E-state index in [1.807, 2.05) is 50.2 Å². The first kappa shape index (κ1) is 26.9. The van der Waals surface area contributed by atoms with Gasteiger partial charge in [0.25, 0.3) is 0 Å². The fraction of sp³-hybridized carbons (Fsp3) is 0.417. The van der Waals surface area contributed by atoms with Crippen LogP contribution in [0.5, 0.6) is 0 Å². The highest BCUT2D eigenvalue weighted by Gasteiger charge is 2.30. The molecule has 0 aliphatic heterocycles. The lowest BCUT2D eigenvalue weighted by Crippen LogP contribution is -2.51. The van der Waals surface area contributed by atoms with Gasteiger partial charge in [-0.3, -0.25) is 13.9 Å². The molecule has 0 aromatic heterocycles. The van der Waals surface area contributed by atoms with Gasteiger partial charge in [-0.05, 0) is 49.1 Å². The van der Waals surface area contributed by atoms with E-state index in [0.717, 1.165) is 32.6 Å². The third kappa shape index (κ3) is 7.57. The first-order chi connectivity index (χ1) is 15.6. The minimum Gasteiger partial charge on any atom is -0.354 e. The summed E-state index contributed by atoms with van der Waals surface area (Å²) in [7, 11) is -3.74. The first-order valence-electron chi connectivity index (χ1n) is 11.0. The molecule has 180 valence electrons. The van der Waals surface area contributed by atoms with Gasteiger partial charge < -0.3 is 10.2 Å². The largest absolute Gasteiger partial charge is 0.354 e. The molecule has 1 atom stereocenters. The number of para-hydroxylation sites is 1. The van der Waals surface area contributed by atoms with Gasteiger partial charge in [0.15, 0.2) is 0 Å². The van der Waals surface area contributed by atoms with Crippen molar-refractivity contribution >= 4 is 43.5 Å². The fourth-order valence-corrected chi connectivity index (χ4v) is 4.56. The van der Waals surface area contributed by atoms with Crippen LogP contribution in [0.4, 0.5) is 5.69 Å². The van der Waals surface area contributed by atoms with Crippen LogP contribution in [0.25, 0.3) is 0 Å². The van der Waals surface area contributed by atoms with Crippen molar-refractivity contribution in [3.8, 4) is 0 Å².